The van der Waals surface area contributed by atoms with Gasteiger partial charge < -0.3 is 9.90 Å². The summed E-state index contributed by atoms with van der Waals surface area (Å²) in [6, 6.07) is 0. The van der Waals surface area contributed by atoms with E-state index in [0.29, 0.717) is 11.3 Å². The molecule has 5 nitrogen and oxygen atoms in total. The van der Waals surface area contributed by atoms with Gasteiger partial charge in [-0.2, -0.15) is 0 Å². The molecule has 2 aromatic rings. The van der Waals surface area contributed by atoms with Gasteiger partial charge in [-0.1, -0.05) is 6.92 Å². The zero-order valence-corrected chi connectivity index (χ0v) is 12.0. The van der Waals surface area contributed by atoms with Crippen molar-refractivity contribution in [3.63, 3.8) is 0 Å². The van der Waals surface area contributed by atoms with Gasteiger partial charge in [-0.15, -0.1) is 11.3 Å². The Morgan fingerprint density at radius 3 is 3.15 bits per heavy atom. The molecule has 0 radical (unpaired) electrons. The number of nitrogens with zero attached hydrogens (tertiary/aromatic N) is 2. The topological polar surface area (TPSA) is 75.0 Å². The van der Waals surface area contributed by atoms with Crippen molar-refractivity contribution in [2.75, 3.05) is 0 Å². The van der Waals surface area contributed by atoms with Gasteiger partial charge in [0, 0.05) is 23.8 Å². The Kier molecular flexibility index (Phi) is 3.33. The number of aryl methyl sites for hydroxylation is 2. The molecule has 0 bridgehead atoms. The Morgan fingerprint density at radius 2 is 2.40 bits per heavy atom. The summed E-state index contributed by atoms with van der Waals surface area (Å²) in [5.74, 6) is -0.506. The molecule has 0 spiro atoms. The minimum absolute atomic E-state index is 0.116. The number of fused-ring (bicyclic) bond motifs is 3. The minimum atomic E-state index is -1.15. The van der Waals surface area contributed by atoms with Crippen molar-refractivity contribution in [1.29, 1.82) is 0 Å². The maximum absolute atomic E-state index is 12.5. The van der Waals surface area contributed by atoms with Crippen LogP contribution in [0.15, 0.2) is 11.1 Å². The number of carbonyl (C=O) groups excluding carboxylic acids is 1. The fourth-order valence-electron chi connectivity index (χ4n) is 2.74. The van der Waals surface area contributed by atoms with Gasteiger partial charge in [0.05, 0.1) is 11.7 Å². The zero-order chi connectivity index (χ0) is 14.3. The van der Waals surface area contributed by atoms with E-state index in [9.17, 15) is 14.7 Å². The van der Waals surface area contributed by atoms with Crippen molar-refractivity contribution >= 4 is 27.5 Å². The maximum atomic E-state index is 12.5. The number of carbonyl (C=O) groups is 1. The molecule has 2 heterocycles. The first-order valence-corrected chi connectivity index (χ1v) is 7.57. The summed E-state index contributed by atoms with van der Waals surface area (Å²) in [4.78, 5) is 29.4. The van der Waals surface area contributed by atoms with Gasteiger partial charge in [0.2, 0.25) is 0 Å². The van der Waals surface area contributed by atoms with E-state index in [2.05, 4.69) is 11.9 Å². The van der Waals surface area contributed by atoms with Gasteiger partial charge in [-0.3, -0.25) is 9.36 Å². The number of hydrogen-bond acceptors (Lipinski definition) is 5. The first kappa shape index (κ1) is 13.3. The van der Waals surface area contributed by atoms with Crippen LogP contribution in [0.25, 0.3) is 10.2 Å². The third-order valence-corrected chi connectivity index (χ3v) is 5.00. The van der Waals surface area contributed by atoms with E-state index in [1.165, 1.54) is 15.8 Å². The third kappa shape index (κ3) is 2.24. The molecule has 0 aliphatic heterocycles. The Morgan fingerprint density at radius 1 is 1.60 bits per heavy atom. The summed E-state index contributed by atoms with van der Waals surface area (Å²) < 4.78 is 1.38. The SMILES string of the molecule is C[C@@H]1CCc2c(sc3ncn(CCC(=O)[O-])c(=O)c23)C1. The fraction of sp³-hybridized carbons (Fsp3) is 0.500. The first-order chi connectivity index (χ1) is 9.56. The number of aromatic nitrogens is 2. The van der Waals surface area contributed by atoms with Crippen molar-refractivity contribution in [3.05, 3.63) is 27.1 Å². The minimum Gasteiger partial charge on any atom is -0.550 e. The van der Waals surface area contributed by atoms with Crippen LogP contribution in [0.1, 0.15) is 30.2 Å². The second kappa shape index (κ2) is 5.01. The van der Waals surface area contributed by atoms with Crippen LogP contribution in [0, 0.1) is 5.92 Å². The summed E-state index contributed by atoms with van der Waals surface area (Å²) in [6.07, 6.45) is 4.29. The summed E-state index contributed by atoms with van der Waals surface area (Å²) in [6.45, 7) is 2.34. The lowest BCUT2D eigenvalue weighted by molar-refractivity contribution is -0.305. The number of thiophene rings is 1. The van der Waals surface area contributed by atoms with Crippen LogP contribution in [0.5, 0.6) is 0 Å². The van der Waals surface area contributed by atoms with Gasteiger partial charge in [-0.05, 0) is 30.7 Å². The molecular weight excluding hydrogens is 276 g/mol. The van der Waals surface area contributed by atoms with Crippen molar-refractivity contribution < 1.29 is 9.90 Å². The number of rotatable bonds is 3. The number of carboxylic acid groups (broad SMARTS) is 1. The lowest BCUT2D eigenvalue weighted by atomic mass is 9.89. The van der Waals surface area contributed by atoms with Crippen molar-refractivity contribution in [2.24, 2.45) is 5.92 Å². The molecule has 0 aromatic carbocycles. The van der Waals surface area contributed by atoms with E-state index in [-0.39, 0.29) is 18.5 Å². The molecule has 6 heteroatoms. The third-order valence-electron chi connectivity index (χ3n) is 3.84. The van der Waals surface area contributed by atoms with Crippen molar-refractivity contribution in [2.45, 2.75) is 39.2 Å². The molecule has 106 valence electrons. The molecule has 1 aliphatic carbocycles. The second-order valence-corrected chi connectivity index (χ2v) is 6.48. The molecule has 3 rings (SSSR count). The Hall–Kier alpha value is -1.69. The molecule has 20 heavy (non-hydrogen) atoms. The van der Waals surface area contributed by atoms with E-state index in [4.69, 9.17) is 0 Å². The monoisotopic (exact) mass is 291 g/mol. The van der Waals surface area contributed by atoms with E-state index < -0.39 is 5.97 Å². The van der Waals surface area contributed by atoms with E-state index >= 15 is 0 Å². The van der Waals surface area contributed by atoms with Gasteiger partial charge in [0.15, 0.2) is 0 Å². The van der Waals surface area contributed by atoms with Crippen LogP contribution in [0.3, 0.4) is 0 Å². The summed E-state index contributed by atoms with van der Waals surface area (Å²) in [5, 5.41) is 11.2. The standard InChI is InChI=1S/C14H16N2O3S/c1-8-2-3-9-10(6-8)20-13-12(9)14(19)16(7-15-13)5-4-11(17)18/h7-8H,2-6H2,1H3,(H,17,18)/p-1/t8-/m1/s1. The predicted molar refractivity (Wildman–Crippen MR) is 74.7 cm³/mol. The highest BCUT2D eigenvalue weighted by Gasteiger charge is 2.22. The van der Waals surface area contributed by atoms with Crippen LogP contribution in [-0.2, 0) is 24.2 Å². The van der Waals surface area contributed by atoms with Crippen LogP contribution in [-0.4, -0.2) is 15.5 Å². The normalized spacial score (nSPS) is 18.1. The summed E-state index contributed by atoms with van der Waals surface area (Å²) in [7, 11) is 0. The van der Waals surface area contributed by atoms with E-state index in [1.54, 1.807) is 11.3 Å². The highest BCUT2D eigenvalue weighted by atomic mass is 32.1. The maximum Gasteiger partial charge on any atom is 0.262 e. The molecule has 0 fully saturated rings. The largest absolute Gasteiger partial charge is 0.550 e. The van der Waals surface area contributed by atoms with Crippen LogP contribution in [0.4, 0.5) is 0 Å². The van der Waals surface area contributed by atoms with Crippen molar-refractivity contribution in [1.82, 2.24) is 9.55 Å². The summed E-state index contributed by atoms with van der Waals surface area (Å²) >= 11 is 1.60. The number of carboxylic acids is 1. The molecule has 1 aliphatic rings. The molecule has 0 saturated carbocycles. The smallest absolute Gasteiger partial charge is 0.262 e. The first-order valence-electron chi connectivity index (χ1n) is 6.75. The average molecular weight is 291 g/mol. The summed E-state index contributed by atoms with van der Waals surface area (Å²) in [5.41, 5.74) is 1.01. The van der Waals surface area contributed by atoms with Crippen LogP contribution < -0.4 is 10.7 Å². The molecule has 0 unspecified atom stereocenters. The molecule has 1 atom stereocenters. The van der Waals surface area contributed by atoms with Crippen LogP contribution >= 0.6 is 11.3 Å². The van der Waals surface area contributed by atoms with E-state index in [0.717, 1.165) is 29.7 Å². The molecule has 0 amide bonds. The lowest BCUT2D eigenvalue weighted by Gasteiger charge is -2.17. The highest BCUT2D eigenvalue weighted by molar-refractivity contribution is 7.18. The Bertz CT molecular complexity index is 732. The quantitative estimate of drug-likeness (QED) is 0.835. The molecule has 0 N–H and O–H groups in total. The fourth-order valence-corrected chi connectivity index (χ4v) is 4.08. The molecule has 0 saturated heterocycles. The van der Waals surface area contributed by atoms with Gasteiger partial charge in [0.1, 0.15) is 4.83 Å². The number of aliphatic carboxylic acids is 1. The average Bonchev–Trinajstić information content (AvgIpc) is 2.75. The van der Waals surface area contributed by atoms with Gasteiger partial charge >= 0.3 is 0 Å². The van der Waals surface area contributed by atoms with E-state index in [1.807, 2.05) is 0 Å². The number of hydrogen-bond donors (Lipinski definition) is 0. The van der Waals surface area contributed by atoms with Gasteiger partial charge in [0.25, 0.3) is 5.56 Å². The van der Waals surface area contributed by atoms with Crippen molar-refractivity contribution in [3.8, 4) is 0 Å². The Labute approximate surface area is 119 Å². The molecule has 2 aromatic heterocycles. The zero-order valence-electron chi connectivity index (χ0n) is 11.2. The lowest BCUT2D eigenvalue weighted by Crippen LogP contribution is -2.27. The Balaban J connectivity index is 2.08. The molecular formula is C14H15N2O3S-. The highest BCUT2D eigenvalue weighted by Crippen LogP contribution is 2.35. The second-order valence-electron chi connectivity index (χ2n) is 5.40. The van der Waals surface area contributed by atoms with Gasteiger partial charge in [-0.25, -0.2) is 4.98 Å². The van der Waals surface area contributed by atoms with Crippen LogP contribution in [0.2, 0.25) is 0 Å². The predicted octanol–water partition coefficient (Wildman–Crippen LogP) is 0.723.